The Labute approximate surface area is 116 Å². The topological polar surface area (TPSA) is 40.5 Å². The molecular formula is C14H18BrNO2. The van der Waals surface area contributed by atoms with Crippen LogP contribution in [-0.2, 0) is 11.3 Å². The van der Waals surface area contributed by atoms with Crippen molar-refractivity contribution in [3.05, 3.63) is 33.8 Å². The van der Waals surface area contributed by atoms with Gasteiger partial charge < -0.3 is 5.11 Å². The molecule has 1 N–H and O–H groups in total. The zero-order chi connectivity index (χ0) is 13.1. The first-order chi connectivity index (χ1) is 8.54. The van der Waals surface area contributed by atoms with Crippen LogP contribution in [0.3, 0.4) is 0 Å². The third-order valence-electron chi connectivity index (χ3n) is 3.48. The molecule has 1 atom stereocenters. The zero-order valence-corrected chi connectivity index (χ0v) is 12.1. The van der Waals surface area contributed by atoms with Crippen molar-refractivity contribution in [2.45, 2.75) is 26.3 Å². The van der Waals surface area contributed by atoms with E-state index >= 15 is 0 Å². The molecule has 0 spiro atoms. The second kappa shape index (κ2) is 5.85. The third kappa shape index (κ3) is 3.56. The number of aryl methyl sites for hydroxylation is 1. The lowest BCUT2D eigenvalue weighted by atomic mass is 10.1. The largest absolute Gasteiger partial charge is 0.481 e. The number of carboxylic acids is 1. The number of likely N-dealkylation sites (tertiary alicyclic amines) is 1. The van der Waals surface area contributed by atoms with Gasteiger partial charge >= 0.3 is 5.97 Å². The normalized spacial score (nSPS) is 20.2. The number of carboxylic acid groups (broad SMARTS) is 1. The van der Waals surface area contributed by atoms with Crippen molar-refractivity contribution in [3.8, 4) is 0 Å². The molecule has 1 aliphatic rings. The Balaban J connectivity index is 1.91. The predicted molar refractivity (Wildman–Crippen MR) is 74.5 cm³/mol. The quantitative estimate of drug-likeness (QED) is 0.929. The molecule has 0 aromatic heterocycles. The highest BCUT2D eigenvalue weighted by atomic mass is 79.9. The van der Waals surface area contributed by atoms with Gasteiger partial charge in [-0.25, -0.2) is 0 Å². The van der Waals surface area contributed by atoms with Gasteiger partial charge in [0.1, 0.15) is 0 Å². The van der Waals surface area contributed by atoms with E-state index in [0.29, 0.717) is 12.3 Å². The SMILES string of the molecule is Cc1ccc(CN2CCC(CC(=O)O)C2)cc1Br. The molecule has 1 aromatic rings. The maximum Gasteiger partial charge on any atom is 0.303 e. The smallest absolute Gasteiger partial charge is 0.303 e. The number of nitrogens with zero attached hydrogens (tertiary/aromatic N) is 1. The second-order valence-corrected chi connectivity index (χ2v) is 5.93. The number of carbonyl (C=O) groups is 1. The summed E-state index contributed by atoms with van der Waals surface area (Å²) in [5.41, 5.74) is 2.52. The lowest BCUT2D eigenvalue weighted by molar-refractivity contribution is -0.138. The number of halogens is 1. The van der Waals surface area contributed by atoms with Crippen LogP contribution in [0.5, 0.6) is 0 Å². The molecule has 4 heteroatoms. The summed E-state index contributed by atoms with van der Waals surface area (Å²) in [5, 5.41) is 8.79. The van der Waals surface area contributed by atoms with Crippen LogP contribution in [0.4, 0.5) is 0 Å². The Morgan fingerprint density at radius 1 is 1.56 bits per heavy atom. The van der Waals surface area contributed by atoms with Crippen LogP contribution in [0.1, 0.15) is 24.0 Å². The van der Waals surface area contributed by atoms with Crippen LogP contribution in [0.15, 0.2) is 22.7 Å². The molecule has 1 unspecified atom stereocenters. The van der Waals surface area contributed by atoms with Gasteiger partial charge in [-0.1, -0.05) is 28.1 Å². The van der Waals surface area contributed by atoms with Crippen LogP contribution in [0, 0.1) is 12.8 Å². The van der Waals surface area contributed by atoms with Gasteiger partial charge in [-0.15, -0.1) is 0 Å². The first-order valence-electron chi connectivity index (χ1n) is 6.24. The van der Waals surface area contributed by atoms with Gasteiger partial charge in [0.15, 0.2) is 0 Å². The molecule has 0 bridgehead atoms. The van der Waals surface area contributed by atoms with Gasteiger partial charge in [0.25, 0.3) is 0 Å². The molecule has 3 nitrogen and oxygen atoms in total. The minimum absolute atomic E-state index is 0.300. The molecule has 98 valence electrons. The predicted octanol–water partition coefficient (Wildman–Crippen LogP) is 3.05. The average molecular weight is 312 g/mol. The summed E-state index contributed by atoms with van der Waals surface area (Å²) in [6.45, 7) is 4.89. The minimum atomic E-state index is -0.681. The lowest BCUT2D eigenvalue weighted by Crippen LogP contribution is -2.20. The van der Waals surface area contributed by atoms with Crippen LogP contribution >= 0.6 is 15.9 Å². The summed E-state index contributed by atoms with van der Waals surface area (Å²) in [5.74, 6) is -0.365. The minimum Gasteiger partial charge on any atom is -0.481 e. The van der Waals surface area contributed by atoms with Crippen molar-refractivity contribution in [1.29, 1.82) is 0 Å². The Kier molecular flexibility index (Phi) is 4.40. The Morgan fingerprint density at radius 3 is 3.00 bits per heavy atom. The third-order valence-corrected chi connectivity index (χ3v) is 4.33. The molecule has 2 rings (SSSR count). The van der Waals surface area contributed by atoms with Crippen LogP contribution < -0.4 is 0 Å². The van der Waals surface area contributed by atoms with Crippen molar-refractivity contribution in [2.75, 3.05) is 13.1 Å². The number of benzene rings is 1. The highest BCUT2D eigenvalue weighted by Crippen LogP contribution is 2.23. The first-order valence-corrected chi connectivity index (χ1v) is 7.03. The van der Waals surface area contributed by atoms with E-state index in [0.717, 1.165) is 30.5 Å². The summed E-state index contributed by atoms with van der Waals surface area (Å²) < 4.78 is 1.14. The monoisotopic (exact) mass is 311 g/mol. The molecule has 1 aliphatic heterocycles. The van der Waals surface area contributed by atoms with Gasteiger partial charge in [0.05, 0.1) is 0 Å². The van der Waals surface area contributed by atoms with E-state index in [1.807, 2.05) is 0 Å². The Hall–Kier alpha value is -0.870. The van der Waals surface area contributed by atoms with E-state index in [1.165, 1.54) is 11.1 Å². The van der Waals surface area contributed by atoms with E-state index in [4.69, 9.17) is 5.11 Å². The number of aliphatic carboxylic acids is 1. The van der Waals surface area contributed by atoms with E-state index in [1.54, 1.807) is 0 Å². The van der Waals surface area contributed by atoms with E-state index in [9.17, 15) is 4.79 Å². The fourth-order valence-corrected chi connectivity index (χ4v) is 2.89. The average Bonchev–Trinajstić information content (AvgIpc) is 2.70. The molecule has 0 aliphatic carbocycles. The van der Waals surface area contributed by atoms with Crippen LogP contribution in [0.2, 0.25) is 0 Å². The molecule has 18 heavy (non-hydrogen) atoms. The van der Waals surface area contributed by atoms with Crippen LogP contribution in [0.25, 0.3) is 0 Å². The van der Waals surface area contributed by atoms with E-state index < -0.39 is 5.97 Å². The molecule has 1 fully saturated rings. The van der Waals surface area contributed by atoms with Gasteiger partial charge in [0, 0.05) is 24.0 Å². The molecule has 1 heterocycles. The molecule has 1 saturated heterocycles. The van der Waals surface area contributed by atoms with Crippen molar-refractivity contribution in [3.63, 3.8) is 0 Å². The van der Waals surface area contributed by atoms with Crippen molar-refractivity contribution in [1.82, 2.24) is 4.90 Å². The molecular weight excluding hydrogens is 294 g/mol. The van der Waals surface area contributed by atoms with E-state index in [-0.39, 0.29) is 0 Å². The number of hydrogen-bond acceptors (Lipinski definition) is 2. The second-order valence-electron chi connectivity index (χ2n) is 5.07. The van der Waals surface area contributed by atoms with Crippen molar-refractivity contribution >= 4 is 21.9 Å². The van der Waals surface area contributed by atoms with Gasteiger partial charge in [-0.2, -0.15) is 0 Å². The Bertz CT molecular complexity index is 447. The molecule has 0 amide bonds. The maximum atomic E-state index is 10.7. The molecule has 1 aromatic carbocycles. The van der Waals surface area contributed by atoms with Crippen molar-refractivity contribution in [2.24, 2.45) is 5.92 Å². The summed E-state index contributed by atoms with van der Waals surface area (Å²) in [4.78, 5) is 13.0. The van der Waals surface area contributed by atoms with E-state index in [2.05, 4.69) is 46.0 Å². The van der Waals surface area contributed by atoms with Gasteiger partial charge in [0.2, 0.25) is 0 Å². The lowest BCUT2D eigenvalue weighted by Gasteiger charge is -2.16. The maximum absolute atomic E-state index is 10.7. The summed E-state index contributed by atoms with van der Waals surface area (Å²) in [6, 6.07) is 6.41. The standard InChI is InChI=1S/C14H18BrNO2/c1-10-2-3-11(6-13(10)15)8-16-5-4-12(9-16)7-14(17)18/h2-3,6,12H,4-5,7-9H2,1H3,(H,17,18). The Morgan fingerprint density at radius 2 is 2.33 bits per heavy atom. The summed E-state index contributed by atoms with van der Waals surface area (Å²) in [6.07, 6.45) is 1.30. The first kappa shape index (κ1) is 13.6. The highest BCUT2D eigenvalue weighted by Gasteiger charge is 2.24. The summed E-state index contributed by atoms with van der Waals surface area (Å²) in [7, 11) is 0. The molecule has 0 saturated carbocycles. The van der Waals surface area contributed by atoms with Crippen LogP contribution in [-0.4, -0.2) is 29.1 Å². The van der Waals surface area contributed by atoms with Gasteiger partial charge in [-0.05, 0) is 43.0 Å². The fraction of sp³-hybridized carbons (Fsp3) is 0.500. The number of rotatable bonds is 4. The summed E-state index contributed by atoms with van der Waals surface area (Å²) >= 11 is 3.54. The fourth-order valence-electron chi connectivity index (χ4n) is 2.46. The van der Waals surface area contributed by atoms with Gasteiger partial charge in [-0.3, -0.25) is 9.69 Å². The van der Waals surface area contributed by atoms with Crippen molar-refractivity contribution < 1.29 is 9.90 Å². The zero-order valence-electron chi connectivity index (χ0n) is 10.5. The molecule has 0 radical (unpaired) electrons. The highest BCUT2D eigenvalue weighted by molar-refractivity contribution is 9.10. The number of hydrogen-bond donors (Lipinski definition) is 1.